The fourth-order valence-electron chi connectivity index (χ4n) is 2.51. The molecule has 0 radical (unpaired) electrons. The largest absolute Gasteiger partial charge is 0.465 e. The van der Waals surface area contributed by atoms with E-state index in [1.165, 1.54) is 7.11 Å². The Balaban J connectivity index is 1.76. The van der Waals surface area contributed by atoms with E-state index >= 15 is 0 Å². The van der Waals surface area contributed by atoms with E-state index in [9.17, 15) is 9.59 Å². The van der Waals surface area contributed by atoms with Crippen LogP contribution < -0.4 is 14.8 Å². The standard InChI is InChI=1S/C19H19NO5/c1-19(2,13-6-9-15-16(10-13)25-11-24-15)18(22)20-14-7-4-12(5-8-14)17(21)23-3/h4-10H,11H2,1-3H3,(H,20,22). The van der Waals surface area contributed by atoms with E-state index in [0.717, 1.165) is 5.56 Å². The van der Waals surface area contributed by atoms with Crippen molar-refractivity contribution < 1.29 is 23.8 Å². The molecule has 1 N–H and O–H groups in total. The summed E-state index contributed by atoms with van der Waals surface area (Å²) < 4.78 is 15.3. The van der Waals surface area contributed by atoms with Crippen molar-refractivity contribution in [2.24, 2.45) is 0 Å². The third kappa shape index (κ3) is 3.28. The van der Waals surface area contributed by atoms with Crippen LogP contribution in [0.1, 0.15) is 29.8 Å². The van der Waals surface area contributed by atoms with Gasteiger partial charge < -0.3 is 19.5 Å². The summed E-state index contributed by atoms with van der Waals surface area (Å²) in [5.74, 6) is 0.731. The van der Waals surface area contributed by atoms with Gasteiger partial charge in [-0.3, -0.25) is 4.79 Å². The smallest absolute Gasteiger partial charge is 0.337 e. The fourth-order valence-corrected chi connectivity index (χ4v) is 2.51. The summed E-state index contributed by atoms with van der Waals surface area (Å²) in [5.41, 5.74) is 1.07. The number of amides is 1. The van der Waals surface area contributed by atoms with Gasteiger partial charge in [0.1, 0.15) is 0 Å². The highest BCUT2D eigenvalue weighted by atomic mass is 16.7. The Kier molecular flexibility index (Phi) is 4.35. The Morgan fingerprint density at radius 1 is 1.04 bits per heavy atom. The van der Waals surface area contributed by atoms with Crippen molar-refractivity contribution in [3.63, 3.8) is 0 Å². The molecule has 0 atom stereocenters. The second-order valence-corrected chi connectivity index (χ2v) is 6.22. The minimum absolute atomic E-state index is 0.169. The Labute approximate surface area is 145 Å². The van der Waals surface area contributed by atoms with E-state index in [1.807, 2.05) is 26.0 Å². The summed E-state index contributed by atoms with van der Waals surface area (Å²) >= 11 is 0. The monoisotopic (exact) mass is 341 g/mol. The molecule has 1 aliphatic rings. The number of nitrogens with one attached hydrogen (secondary N) is 1. The molecule has 1 heterocycles. The molecule has 2 aromatic rings. The Morgan fingerprint density at radius 3 is 2.40 bits per heavy atom. The van der Waals surface area contributed by atoms with Gasteiger partial charge in [0, 0.05) is 5.69 Å². The first-order chi connectivity index (χ1) is 11.9. The van der Waals surface area contributed by atoms with E-state index in [2.05, 4.69) is 10.1 Å². The second-order valence-electron chi connectivity index (χ2n) is 6.22. The van der Waals surface area contributed by atoms with Crippen molar-refractivity contribution in [2.45, 2.75) is 19.3 Å². The molecular weight excluding hydrogens is 322 g/mol. The molecule has 130 valence electrons. The number of esters is 1. The van der Waals surface area contributed by atoms with Gasteiger partial charge in [0.05, 0.1) is 18.1 Å². The van der Waals surface area contributed by atoms with Crippen LogP contribution >= 0.6 is 0 Å². The molecule has 25 heavy (non-hydrogen) atoms. The number of ether oxygens (including phenoxy) is 3. The molecule has 6 nitrogen and oxygen atoms in total. The van der Waals surface area contributed by atoms with Crippen LogP contribution in [-0.4, -0.2) is 25.8 Å². The number of fused-ring (bicyclic) bond motifs is 1. The van der Waals surface area contributed by atoms with Crippen molar-refractivity contribution in [3.05, 3.63) is 53.6 Å². The first-order valence-electron chi connectivity index (χ1n) is 7.82. The van der Waals surface area contributed by atoms with Crippen LogP contribution in [0.4, 0.5) is 5.69 Å². The molecule has 0 bridgehead atoms. The van der Waals surface area contributed by atoms with Gasteiger partial charge in [-0.25, -0.2) is 4.79 Å². The molecule has 0 saturated heterocycles. The Hall–Kier alpha value is -3.02. The Morgan fingerprint density at radius 2 is 1.72 bits per heavy atom. The zero-order chi connectivity index (χ0) is 18.0. The molecule has 0 unspecified atom stereocenters. The lowest BCUT2D eigenvalue weighted by molar-refractivity contribution is -0.120. The lowest BCUT2D eigenvalue weighted by Gasteiger charge is -2.24. The molecule has 1 aliphatic heterocycles. The minimum atomic E-state index is -0.776. The van der Waals surface area contributed by atoms with Gasteiger partial charge in [-0.15, -0.1) is 0 Å². The quantitative estimate of drug-likeness (QED) is 0.865. The number of carbonyl (C=O) groups excluding carboxylic acids is 2. The van der Waals surface area contributed by atoms with Crippen LogP contribution in [-0.2, 0) is 14.9 Å². The number of rotatable bonds is 4. The van der Waals surface area contributed by atoms with Crippen molar-refractivity contribution in [3.8, 4) is 11.5 Å². The second kappa shape index (κ2) is 6.47. The lowest BCUT2D eigenvalue weighted by Crippen LogP contribution is -2.34. The number of benzene rings is 2. The van der Waals surface area contributed by atoms with Crippen LogP contribution in [0.15, 0.2) is 42.5 Å². The summed E-state index contributed by atoms with van der Waals surface area (Å²) in [5, 5.41) is 2.87. The van der Waals surface area contributed by atoms with Gasteiger partial charge in [0.15, 0.2) is 11.5 Å². The number of anilines is 1. The average molecular weight is 341 g/mol. The lowest BCUT2D eigenvalue weighted by atomic mass is 9.83. The Bertz CT molecular complexity index is 811. The summed E-state index contributed by atoms with van der Waals surface area (Å²) in [6, 6.07) is 12.0. The van der Waals surface area contributed by atoms with E-state index in [1.54, 1.807) is 30.3 Å². The maximum Gasteiger partial charge on any atom is 0.337 e. The topological polar surface area (TPSA) is 73.9 Å². The molecule has 0 spiro atoms. The minimum Gasteiger partial charge on any atom is -0.465 e. The van der Waals surface area contributed by atoms with Crippen molar-refractivity contribution >= 4 is 17.6 Å². The molecule has 2 aromatic carbocycles. The summed E-state index contributed by atoms with van der Waals surface area (Å²) in [4.78, 5) is 24.2. The van der Waals surface area contributed by atoms with Gasteiger partial charge >= 0.3 is 5.97 Å². The van der Waals surface area contributed by atoms with Crippen LogP contribution in [0, 0.1) is 0 Å². The summed E-state index contributed by atoms with van der Waals surface area (Å²) in [6.45, 7) is 3.86. The van der Waals surface area contributed by atoms with E-state index in [-0.39, 0.29) is 12.7 Å². The molecule has 6 heteroatoms. The highest BCUT2D eigenvalue weighted by Gasteiger charge is 2.31. The third-order valence-corrected chi connectivity index (χ3v) is 4.23. The van der Waals surface area contributed by atoms with Gasteiger partial charge in [-0.05, 0) is 55.8 Å². The number of hydrogen-bond donors (Lipinski definition) is 1. The van der Waals surface area contributed by atoms with Crippen molar-refractivity contribution in [1.82, 2.24) is 0 Å². The predicted octanol–water partition coefficient (Wildman–Crippen LogP) is 3.12. The summed E-state index contributed by atoms with van der Waals surface area (Å²) in [6.07, 6.45) is 0. The van der Waals surface area contributed by atoms with Gasteiger partial charge in [0.25, 0.3) is 0 Å². The molecule has 0 saturated carbocycles. The molecule has 3 rings (SSSR count). The average Bonchev–Trinajstić information content (AvgIpc) is 3.09. The highest BCUT2D eigenvalue weighted by molar-refractivity contribution is 5.99. The first kappa shape index (κ1) is 16.8. The predicted molar refractivity (Wildman–Crippen MR) is 92.0 cm³/mol. The zero-order valence-corrected chi connectivity index (χ0v) is 14.3. The fraction of sp³-hybridized carbons (Fsp3) is 0.263. The summed E-state index contributed by atoms with van der Waals surface area (Å²) in [7, 11) is 1.33. The molecular formula is C19H19NO5. The zero-order valence-electron chi connectivity index (χ0n) is 14.3. The van der Waals surface area contributed by atoms with E-state index in [0.29, 0.717) is 22.7 Å². The maximum atomic E-state index is 12.7. The highest BCUT2D eigenvalue weighted by Crippen LogP contribution is 2.36. The van der Waals surface area contributed by atoms with Crippen molar-refractivity contribution in [1.29, 1.82) is 0 Å². The van der Waals surface area contributed by atoms with Gasteiger partial charge in [-0.1, -0.05) is 6.07 Å². The first-order valence-corrected chi connectivity index (χ1v) is 7.82. The SMILES string of the molecule is COC(=O)c1ccc(NC(=O)C(C)(C)c2ccc3c(c2)OCO3)cc1. The molecule has 0 fully saturated rings. The molecule has 1 amide bonds. The van der Waals surface area contributed by atoms with E-state index in [4.69, 9.17) is 9.47 Å². The van der Waals surface area contributed by atoms with Crippen LogP contribution in [0.2, 0.25) is 0 Å². The number of hydrogen-bond acceptors (Lipinski definition) is 5. The van der Waals surface area contributed by atoms with Gasteiger partial charge in [0.2, 0.25) is 12.7 Å². The molecule has 0 aliphatic carbocycles. The maximum absolute atomic E-state index is 12.7. The number of carbonyl (C=O) groups is 2. The van der Waals surface area contributed by atoms with Crippen LogP contribution in [0.25, 0.3) is 0 Å². The van der Waals surface area contributed by atoms with Crippen molar-refractivity contribution in [2.75, 3.05) is 19.2 Å². The third-order valence-electron chi connectivity index (χ3n) is 4.23. The van der Waals surface area contributed by atoms with Crippen LogP contribution in [0.5, 0.6) is 11.5 Å². The van der Waals surface area contributed by atoms with E-state index < -0.39 is 11.4 Å². The van der Waals surface area contributed by atoms with Gasteiger partial charge in [-0.2, -0.15) is 0 Å². The normalized spacial score (nSPS) is 12.6. The molecule has 0 aromatic heterocycles. The van der Waals surface area contributed by atoms with Crippen LogP contribution in [0.3, 0.4) is 0 Å². The number of methoxy groups -OCH3 is 1.